The van der Waals surface area contributed by atoms with Gasteiger partial charge in [0.1, 0.15) is 6.54 Å². The van der Waals surface area contributed by atoms with Crippen LogP contribution in [0.5, 0.6) is 0 Å². The van der Waals surface area contributed by atoms with Crippen LogP contribution >= 0.6 is 0 Å². The Bertz CT molecular complexity index is 198. The first-order valence-electron chi connectivity index (χ1n) is 4.41. The maximum atomic E-state index is 12.0. The van der Waals surface area contributed by atoms with Gasteiger partial charge in [0.2, 0.25) is 0 Å². The number of guanidine groups is 1. The van der Waals surface area contributed by atoms with Crippen LogP contribution in [-0.2, 0) is 0 Å². The first-order valence-corrected chi connectivity index (χ1v) is 4.41. The molecule has 0 aromatic rings. The lowest BCUT2D eigenvalue weighted by Gasteiger charge is -2.23. The summed E-state index contributed by atoms with van der Waals surface area (Å²) >= 11 is 0. The minimum atomic E-state index is -4.24. The van der Waals surface area contributed by atoms with Crippen molar-refractivity contribution in [3.05, 3.63) is 0 Å². The third kappa shape index (κ3) is 5.66. The molecule has 0 fully saturated rings. The second-order valence-electron chi connectivity index (χ2n) is 3.21. The molecule has 0 heterocycles. The van der Waals surface area contributed by atoms with E-state index in [1.165, 1.54) is 0 Å². The topological polar surface area (TPSA) is 41.6 Å². The predicted molar refractivity (Wildman–Crippen MR) is 50.1 cm³/mol. The van der Waals surface area contributed by atoms with Crippen molar-refractivity contribution in [3.8, 4) is 0 Å². The largest absolute Gasteiger partial charge is 0.406 e. The van der Waals surface area contributed by atoms with E-state index in [0.29, 0.717) is 0 Å². The summed E-state index contributed by atoms with van der Waals surface area (Å²) in [5.74, 6) is -0.0557. The lowest BCUT2D eigenvalue weighted by Crippen LogP contribution is -2.43. The summed E-state index contributed by atoms with van der Waals surface area (Å²) in [5.41, 5.74) is 5.41. The van der Waals surface area contributed by atoms with Crippen molar-refractivity contribution < 1.29 is 13.2 Å². The molecule has 14 heavy (non-hydrogen) atoms. The van der Waals surface area contributed by atoms with Gasteiger partial charge in [-0.15, -0.1) is 0 Å². The van der Waals surface area contributed by atoms with Crippen LogP contribution in [0.25, 0.3) is 0 Å². The second-order valence-corrected chi connectivity index (χ2v) is 3.21. The van der Waals surface area contributed by atoms with Crippen molar-refractivity contribution in [1.29, 1.82) is 0 Å². The number of nitrogens with zero attached hydrogens (tertiary/aromatic N) is 2. The molecular formula is C8H16F3N3. The van der Waals surface area contributed by atoms with Crippen LogP contribution in [0.4, 0.5) is 13.2 Å². The van der Waals surface area contributed by atoms with Crippen LogP contribution in [0.15, 0.2) is 4.99 Å². The molecule has 0 amide bonds. The second kappa shape index (κ2) is 5.07. The van der Waals surface area contributed by atoms with Crippen LogP contribution in [0.3, 0.4) is 0 Å². The molecule has 0 aromatic carbocycles. The highest BCUT2D eigenvalue weighted by atomic mass is 19.4. The standard InChI is InChI=1S/C8H16F3N3/c1-4-14(5-8(9,10)11)7(12)13-6(2)3/h6H,4-5H2,1-3H3,(H2,12,13). The van der Waals surface area contributed by atoms with Gasteiger partial charge < -0.3 is 10.6 Å². The van der Waals surface area contributed by atoms with E-state index in [9.17, 15) is 13.2 Å². The van der Waals surface area contributed by atoms with E-state index < -0.39 is 12.7 Å². The fourth-order valence-corrected chi connectivity index (χ4v) is 0.917. The van der Waals surface area contributed by atoms with Gasteiger partial charge in [0.05, 0.1) is 0 Å². The molecule has 0 saturated heterocycles. The SMILES string of the molecule is CCN(CC(F)(F)F)C(N)=NC(C)C. The fraction of sp³-hybridized carbons (Fsp3) is 0.875. The molecule has 3 nitrogen and oxygen atoms in total. The molecule has 0 radical (unpaired) electrons. The number of hydrogen-bond acceptors (Lipinski definition) is 1. The molecule has 0 aromatic heterocycles. The molecule has 0 atom stereocenters. The Morgan fingerprint density at radius 1 is 1.43 bits per heavy atom. The molecule has 84 valence electrons. The maximum Gasteiger partial charge on any atom is 0.406 e. The Morgan fingerprint density at radius 3 is 2.21 bits per heavy atom. The van der Waals surface area contributed by atoms with Crippen molar-refractivity contribution in [2.24, 2.45) is 10.7 Å². The molecule has 0 aliphatic heterocycles. The van der Waals surface area contributed by atoms with Gasteiger partial charge in [-0.2, -0.15) is 13.2 Å². The lowest BCUT2D eigenvalue weighted by atomic mass is 10.4. The van der Waals surface area contributed by atoms with Gasteiger partial charge in [-0.3, -0.25) is 4.99 Å². The minimum absolute atomic E-state index is 0.0557. The van der Waals surface area contributed by atoms with Crippen LogP contribution in [0.2, 0.25) is 0 Å². The monoisotopic (exact) mass is 211 g/mol. The summed E-state index contributed by atoms with van der Waals surface area (Å²) < 4.78 is 36.1. The molecule has 0 saturated carbocycles. The number of nitrogens with two attached hydrogens (primary N) is 1. The lowest BCUT2D eigenvalue weighted by molar-refractivity contribution is -0.137. The van der Waals surface area contributed by atoms with Crippen LogP contribution in [0.1, 0.15) is 20.8 Å². The quantitative estimate of drug-likeness (QED) is 0.569. The van der Waals surface area contributed by atoms with Gasteiger partial charge in [-0.05, 0) is 20.8 Å². The molecule has 0 aliphatic carbocycles. The molecule has 0 rings (SSSR count). The van der Waals surface area contributed by atoms with Crippen LogP contribution in [0, 0.1) is 0 Å². The highest BCUT2D eigenvalue weighted by Crippen LogP contribution is 2.16. The van der Waals surface area contributed by atoms with E-state index >= 15 is 0 Å². The molecule has 0 bridgehead atoms. The third-order valence-corrected chi connectivity index (χ3v) is 1.47. The van der Waals surface area contributed by atoms with E-state index in [0.717, 1.165) is 4.90 Å². The zero-order chi connectivity index (χ0) is 11.4. The van der Waals surface area contributed by atoms with E-state index in [2.05, 4.69) is 4.99 Å². The van der Waals surface area contributed by atoms with Gasteiger partial charge in [0.25, 0.3) is 0 Å². The van der Waals surface area contributed by atoms with E-state index in [4.69, 9.17) is 5.73 Å². The van der Waals surface area contributed by atoms with Gasteiger partial charge >= 0.3 is 6.18 Å². The Labute approximate surface area is 81.8 Å². The normalized spacial score (nSPS) is 13.5. The Kier molecular flexibility index (Phi) is 4.73. The summed E-state index contributed by atoms with van der Waals surface area (Å²) in [6.45, 7) is 4.27. The maximum absolute atomic E-state index is 12.0. The Morgan fingerprint density at radius 2 is 1.93 bits per heavy atom. The van der Waals surface area contributed by atoms with Gasteiger partial charge in [0, 0.05) is 12.6 Å². The summed E-state index contributed by atoms with van der Waals surface area (Å²) in [6.07, 6.45) is -4.24. The zero-order valence-corrected chi connectivity index (χ0v) is 8.60. The fourth-order valence-electron chi connectivity index (χ4n) is 0.917. The third-order valence-electron chi connectivity index (χ3n) is 1.47. The molecule has 6 heteroatoms. The van der Waals surface area contributed by atoms with E-state index in [-0.39, 0.29) is 18.5 Å². The minimum Gasteiger partial charge on any atom is -0.370 e. The predicted octanol–water partition coefficient (Wildman–Crippen LogP) is 1.59. The van der Waals surface area contributed by atoms with Gasteiger partial charge in [-0.25, -0.2) is 0 Å². The number of aliphatic imine (C=N–C) groups is 1. The average Bonchev–Trinajstić information content (AvgIpc) is 1.96. The molecule has 0 unspecified atom stereocenters. The summed E-state index contributed by atoms with van der Waals surface area (Å²) in [6, 6.07) is -0.0997. The molecule has 0 aliphatic rings. The van der Waals surface area contributed by atoms with E-state index in [1.54, 1.807) is 20.8 Å². The van der Waals surface area contributed by atoms with Crippen molar-refractivity contribution in [1.82, 2.24) is 4.90 Å². The van der Waals surface area contributed by atoms with Crippen LogP contribution < -0.4 is 5.73 Å². The summed E-state index contributed by atoms with van der Waals surface area (Å²) in [7, 11) is 0. The number of hydrogen-bond donors (Lipinski definition) is 1. The highest BCUT2D eigenvalue weighted by Gasteiger charge is 2.30. The summed E-state index contributed by atoms with van der Waals surface area (Å²) in [4.78, 5) is 4.85. The van der Waals surface area contributed by atoms with Crippen molar-refractivity contribution in [2.75, 3.05) is 13.1 Å². The number of alkyl halides is 3. The van der Waals surface area contributed by atoms with Crippen LogP contribution in [-0.4, -0.2) is 36.2 Å². The zero-order valence-electron chi connectivity index (χ0n) is 8.60. The van der Waals surface area contributed by atoms with Gasteiger partial charge in [-0.1, -0.05) is 0 Å². The number of halogens is 3. The van der Waals surface area contributed by atoms with Gasteiger partial charge in [0.15, 0.2) is 5.96 Å². The molecular weight excluding hydrogens is 195 g/mol. The summed E-state index contributed by atoms with van der Waals surface area (Å²) in [5, 5.41) is 0. The van der Waals surface area contributed by atoms with Crippen molar-refractivity contribution in [2.45, 2.75) is 33.0 Å². The Balaban J connectivity index is 4.42. The Hall–Kier alpha value is -0.940. The van der Waals surface area contributed by atoms with Crippen molar-refractivity contribution >= 4 is 5.96 Å². The number of rotatable bonds is 3. The highest BCUT2D eigenvalue weighted by molar-refractivity contribution is 5.78. The van der Waals surface area contributed by atoms with Crippen molar-refractivity contribution in [3.63, 3.8) is 0 Å². The molecule has 0 spiro atoms. The smallest absolute Gasteiger partial charge is 0.370 e. The van der Waals surface area contributed by atoms with E-state index in [1.807, 2.05) is 0 Å². The first kappa shape index (κ1) is 13.1. The first-order chi connectivity index (χ1) is 6.26. The molecule has 2 N–H and O–H groups in total. The average molecular weight is 211 g/mol.